The summed E-state index contributed by atoms with van der Waals surface area (Å²) < 4.78 is 0. The highest BCUT2D eigenvalue weighted by Gasteiger charge is 2.03. The van der Waals surface area contributed by atoms with Crippen LogP contribution in [-0.2, 0) is 0 Å². The number of rotatable bonds is 2. The molecule has 0 aromatic carbocycles. The summed E-state index contributed by atoms with van der Waals surface area (Å²) in [6.45, 7) is 0. The van der Waals surface area contributed by atoms with E-state index in [1.807, 2.05) is 0 Å². The summed E-state index contributed by atoms with van der Waals surface area (Å²) in [6, 6.07) is 0. The standard InChI is InChI=1S/C5H5ClN2O.ClH/c6-3-4(9)5-7-1-2-8-5;/h1-2H,3H2,(H,7,8);1H. The van der Waals surface area contributed by atoms with Crippen molar-refractivity contribution in [3.05, 3.63) is 18.2 Å². The van der Waals surface area contributed by atoms with Crippen molar-refractivity contribution in [1.82, 2.24) is 9.97 Å². The predicted molar refractivity (Wildman–Crippen MR) is 40.9 cm³/mol. The van der Waals surface area contributed by atoms with Crippen molar-refractivity contribution in [1.29, 1.82) is 0 Å². The first-order valence-corrected chi connectivity index (χ1v) is 2.96. The molecule has 0 fully saturated rings. The van der Waals surface area contributed by atoms with Crippen LogP contribution in [0.1, 0.15) is 10.6 Å². The Bertz CT molecular complexity index is 197. The minimum Gasteiger partial charge on any atom is -0.342 e. The fourth-order valence-electron chi connectivity index (χ4n) is 0.481. The average Bonchev–Trinajstić information content (AvgIpc) is 2.37. The van der Waals surface area contributed by atoms with Crippen LogP contribution in [-0.4, -0.2) is 21.6 Å². The summed E-state index contributed by atoms with van der Waals surface area (Å²) in [5.74, 6) is 0.125. The lowest BCUT2D eigenvalue weighted by molar-refractivity contribution is 0.101. The van der Waals surface area contributed by atoms with Crippen molar-refractivity contribution in [2.24, 2.45) is 0 Å². The van der Waals surface area contributed by atoms with Crippen LogP contribution >= 0.6 is 24.0 Å². The molecule has 5 heteroatoms. The summed E-state index contributed by atoms with van der Waals surface area (Å²) in [6.07, 6.45) is 3.10. The summed E-state index contributed by atoms with van der Waals surface area (Å²) >= 11 is 5.23. The van der Waals surface area contributed by atoms with Crippen LogP contribution in [0.5, 0.6) is 0 Å². The number of alkyl halides is 1. The third-order valence-corrected chi connectivity index (χ3v) is 1.13. The first-order valence-electron chi connectivity index (χ1n) is 2.43. The summed E-state index contributed by atoms with van der Waals surface area (Å²) in [5.41, 5.74) is 0. The number of nitrogens with one attached hydrogen (secondary N) is 1. The van der Waals surface area contributed by atoms with Crippen molar-refractivity contribution in [2.75, 3.05) is 5.88 Å². The molecular formula is C5H6Cl2N2O. The second-order valence-electron chi connectivity index (χ2n) is 1.49. The van der Waals surface area contributed by atoms with Crippen LogP contribution in [0.4, 0.5) is 0 Å². The molecule has 1 rings (SSSR count). The summed E-state index contributed by atoms with van der Waals surface area (Å²) in [7, 11) is 0. The maximum atomic E-state index is 10.6. The molecule has 0 aliphatic carbocycles. The Labute approximate surface area is 69.2 Å². The number of halogens is 2. The van der Waals surface area contributed by atoms with Crippen LogP contribution in [0.15, 0.2) is 12.4 Å². The molecule has 0 bridgehead atoms. The number of hydrogen-bond donors (Lipinski definition) is 1. The molecule has 0 aliphatic heterocycles. The van der Waals surface area contributed by atoms with Crippen molar-refractivity contribution < 1.29 is 4.79 Å². The van der Waals surface area contributed by atoms with Gasteiger partial charge in [-0.1, -0.05) is 0 Å². The van der Waals surface area contributed by atoms with Gasteiger partial charge in [-0.05, 0) is 0 Å². The summed E-state index contributed by atoms with van der Waals surface area (Å²) in [4.78, 5) is 17.0. The van der Waals surface area contributed by atoms with Gasteiger partial charge in [-0.3, -0.25) is 4.79 Å². The molecule has 0 atom stereocenters. The molecule has 3 nitrogen and oxygen atoms in total. The van der Waals surface area contributed by atoms with E-state index in [1.54, 1.807) is 6.20 Å². The predicted octanol–water partition coefficient (Wildman–Crippen LogP) is 1.25. The van der Waals surface area contributed by atoms with Gasteiger partial charge in [0.15, 0.2) is 5.82 Å². The second kappa shape index (κ2) is 4.30. The van der Waals surface area contributed by atoms with E-state index in [9.17, 15) is 4.79 Å². The van der Waals surface area contributed by atoms with Crippen LogP contribution in [0.25, 0.3) is 0 Å². The number of hydrogen-bond acceptors (Lipinski definition) is 2. The Morgan fingerprint density at radius 3 is 2.90 bits per heavy atom. The van der Waals surface area contributed by atoms with Gasteiger partial charge >= 0.3 is 0 Å². The number of carbonyl (C=O) groups is 1. The zero-order valence-corrected chi connectivity index (χ0v) is 6.58. The topological polar surface area (TPSA) is 45.8 Å². The molecule has 0 aliphatic rings. The van der Waals surface area contributed by atoms with Gasteiger partial charge in [-0.15, -0.1) is 24.0 Å². The van der Waals surface area contributed by atoms with E-state index in [-0.39, 0.29) is 24.1 Å². The van der Waals surface area contributed by atoms with Gasteiger partial charge in [0.25, 0.3) is 0 Å². The quantitative estimate of drug-likeness (QED) is 0.551. The maximum absolute atomic E-state index is 10.6. The largest absolute Gasteiger partial charge is 0.342 e. The molecule has 0 spiro atoms. The molecule has 0 radical (unpaired) electrons. The normalized spacial score (nSPS) is 8.50. The number of aromatic nitrogens is 2. The maximum Gasteiger partial charge on any atom is 0.212 e. The monoisotopic (exact) mass is 180 g/mol. The molecule has 1 aromatic rings. The van der Waals surface area contributed by atoms with E-state index in [1.165, 1.54) is 6.20 Å². The van der Waals surface area contributed by atoms with Gasteiger partial charge in [0, 0.05) is 12.4 Å². The van der Waals surface area contributed by atoms with Gasteiger partial charge in [-0.25, -0.2) is 4.98 Å². The minimum atomic E-state index is -0.179. The highest BCUT2D eigenvalue weighted by molar-refractivity contribution is 6.29. The smallest absolute Gasteiger partial charge is 0.212 e. The lowest BCUT2D eigenvalue weighted by Crippen LogP contribution is -2.01. The Morgan fingerprint density at radius 2 is 2.50 bits per heavy atom. The Hall–Kier alpha value is -0.540. The molecule has 1 aromatic heterocycles. The molecule has 0 unspecified atom stereocenters. The molecular weight excluding hydrogens is 175 g/mol. The van der Waals surface area contributed by atoms with E-state index < -0.39 is 0 Å². The molecule has 0 saturated heterocycles. The zero-order chi connectivity index (χ0) is 6.69. The summed E-state index contributed by atoms with van der Waals surface area (Å²) in [5, 5.41) is 0. The number of aromatic amines is 1. The Balaban J connectivity index is 0.000000810. The van der Waals surface area contributed by atoms with Crippen molar-refractivity contribution >= 4 is 29.8 Å². The van der Waals surface area contributed by atoms with Crippen LogP contribution in [0.2, 0.25) is 0 Å². The van der Waals surface area contributed by atoms with Gasteiger partial charge < -0.3 is 4.98 Å². The zero-order valence-electron chi connectivity index (χ0n) is 5.00. The lowest BCUT2D eigenvalue weighted by Gasteiger charge is -1.84. The van der Waals surface area contributed by atoms with Crippen LogP contribution in [0.3, 0.4) is 0 Å². The van der Waals surface area contributed by atoms with Crippen molar-refractivity contribution in [3.8, 4) is 0 Å². The van der Waals surface area contributed by atoms with Gasteiger partial charge in [0.1, 0.15) is 0 Å². The number of H-pyrrole nitrogens is 1. The van der Waals surface area contributed by atoms with Crippen LogP contribution in [0, 0.1) is 0 Å². The minimum absolute atomic E-state index is 0. The molecule has 1 N–H and O–H groups in total. The van der Waals surface area contributed by atoms with Crippen molar-refractivity contribution in [3.63, 3.8) is 0 Å². The molecule has 56 valence electrons. The Kier molecular flexibility index (Phi) is 4.07. The molecule has 1 heterocycles. The number of imidazole rings is 1. The van der Waals surface area contributed by atoms with E-state index in [0.29, 0.717) is 5.82 Å². The highest BCUT2D eigenvalue weighted by atomic mass is 35.5. The molecule has 0 amide bonds. The third kappa shape index (κ3) is 2.01. The molecule has 10 heavy (non-hydrogen) atoms. The Morgan fingerprint density at radius 1 is 1.80 bits per heavy atom. The second-order valence-corrected chi connectivity index (χ2v) is 1.76. The van der Waals surface area contributed by atoms with Crippen molar-refractivity contribution in [2.45, 2.75) is 0 Å². The van der Waals surface area contributed by atoms with Gasteiger partial charge in [-0.2, -0.15) is 0 Å². The third-order valence-electron chi connectivity index (χ3n) is 0.884. The van der Waals surface area contributed by atoms with Gasteiger partial charge in [0.2, 0.25) is 5.78 Å². The molecule has 0 saturated carbocycles. The van der Waals surface area contributed by atoms with E-state index in [0.717, 1.165) is 0 Å². The first kappa shape index (κ1) is 9.46. The highest BCUT2D eigenvalue weighted by Crippen LogP contribution is 1.91. The lowest BCUT2D eigenvalue weighted by atomic mass is 10.4. The average molecular weight is 181 g/mol. The van der Waals surface area contributed by atoms with E-state index >= 15 is 0 Å². The number of nitrogens with zero attached hydrogens (tertiary/aromatic N) is 1. The first-order chi connectivity index (χ1) is 4.34. The number of Topliss-reactive ketones (excluding diaryl/α,β-unsaturated/α-hetero) is 1. The van der Waals surface area contributed by atoms with Crippen LogP contribution < -0.4 is 0 Å². The number of ketones is 1. The van der Waals surface area contributed by atoms with E-state index in [2.05, 4.69) is 9.97 Å². The number of carbonyl (C=O) groups excluding carboxylic acids is 1. The fraction of sp³-hybridized carbons (Fsp3) is 0.200. The fourth-order valence-corrected chi connectivity index (χ4v) is 0.608. The van der Waals surface area contributed by atoms with E-state index in [4.69, 9.17) is 11.6 Å². The SMILES string of the molecule is Cl.O=C(CCl)c1ncc[nH]1. The van der Waals surface area contributed by atoms with Gasteiger partial charge in [0.05, 0.1) is 5.88 Å².